The zero-order valence-corrected chi connectivity index (χ0v) is 11.0. The van der Waals surface area contributed by atoms with Crippen LogP contribution in [0.25, 0.3) is 0 Å². The quantitative estimate of drug-likeness (QED) is 0.524. The van der Waals surface area contributed by atoms with Crippen LogP contribution in [-0.2, 0) is 7.05 Å². The summed E-state index contributed by atoms with van der Waals surface area (Å²) in [6, 6.07) is 7.14. The van der Waals surface area contributed by atoms with Crippen LogP contribution in [0.5, 0.6) is 0 Å². The van der Waals surface area contributed by atoms with Gasteiger partial charge in [0, 0.05) is 9.92 Å². The number of carbonyl (C=O) groups is 1. The maximum atomic E-state index is 11.8. The highest BCUT2D eigenvalue weighted by Crippen LogP contribution is 2.20. The maximum Gasteiger partial charge on any atom is 0.438 e. The minimum atomic E-state index is -0.654. The van der Waals surface area contributed by atoms with Crippen LogP contribution in [0, 0.1) is 0 Å². The van der Waals surface area contributed by atoms with Gasteiger partial charge in [-0.05, 0) is 29.5 Å². The van der Waals surface area contributed by atoms with Crippen molar-refractivity contribution in [3.63, 3.8) is 0 Å². The third-order valence-electron chi connectivity index (χ3n) is 2.25. The average molecular weight is 286 g/mol. The van der Waals surface area contributed by atoms with Crippen molar-refractivity contribution in [3.8, 4) is 0 Å². The maximum absolute atomic E-state index is 11.8. The van der Waals surface area contributed by atoms with Crippen molar-refractivity contribution >= 4 is 29.1 Å². The molecule has 0 bridgehead atoms. The molecule has 1 aromatic carbocycles. The predicted molar refractivity (Wildman–Crippen MR) is 67.0 cm³/mol. The molecule has 0 saturated carbocycles. The second-order valence-corrected chi connectivity index (χ2v) is 5.04. The van der Waals surface area contributed by atoms with Gasteiger partial charge in [-0.1, -0.05) is 16.3 Å². The summed E-state index contributed by atoms with van der Waals surface area (Å²) in [5, 5.41) is 2.95. The molecule has 0 fully saturated rings. The summed E-state index contributed by atoms with van der Waals surface area (Å²) in [6.07, 6.45) is 0. The first kappa shape index (κ1) is 12.9. The molecule has 5 nitrogen and oxygen atoms in total. The van der Waals surface area contributed by atoms with Crippen LogP contribution in [0.1, 0.15) is 10.5 Å². The van der Waals surface area contributed by atoms with Crippen molar-refractivity contribution in [2.24, 2.45) is 7.05 Å². The normalized spacial score (nSPS) is 10.6. The number of aromatic nitrogens is 2. The molecule has 0 spiro atoms. The summed E-state index contributed by atoms with van der Waals surface area (Å²) in [5.74, 6) is -0.120. The Morgan fingerprint density at radius 3 is 2.67 bits per heavy atom. The molecule has 94 valence electrons. The van der Waals surface area contributed by atoms with E-state index in [0.29, 0.717) is 5.02 Å². The van der Waals surface area contributed by atoms with Gasteiger partial charge >= 0.3 is 11.3 Å². The summed E-state index contributed by atoms with van der Waals surface area (Å²) in [5.41, 5.74) is -0.643. The average Bonchev–Trinajstić information content (AvgIpc) is 2.68. The number of H-pyrrole nitrogens is 1. The van der Waals surface area contributed by atoms with E-state index in [1.807, 2.05) is 12.1 Å². The number of aromatic amines is 1. The molecule has 18 heavy (non-hydrogen) atoms. The first-order valence-corrected chi connectivity index (χ1v) is 6.43. The molecule has 1 aromatic heterocycles. The third kappa shape index (κ3) is 2.83. The number of halogens is 1. The summed E-state index contributed by atoms with van der Waals surface area (Å²) in [6.45, 7) is 0. The molecule has 0 aliphatic rings. The predicted octanol–water partition coefficient (Wildman–Crippen LogP) is 1.42. The molecule has 0 saturated heterocycles. The van der Waals surface area contributed by atoms with Gasteiger partial charge in [-0.3, -0.25) is 9.32 Å². The Hall–Kier alpha value is -1.53. The van der Waals surface area contributed by atoms with Crippen LogP contribution < -0.4 is 10.3 Å². The number of rotatable bonds is 4. The van der Waals surface area contributed by atoms with E-state index in [0.717, 1.165) is 4.90 Å². The van der Waals surface area contributed by atoms with Gasteiger partial charge < -0.3 is 0 Å². The SMILES string of the molecule is C[n+]1[nH]oc(=O)c1C(=O)CSc1ccc(Cl)cc1. The Labute approximate surface area is 112 Å². The Morgan fingerprint density at radius 1 is 1.44 bits per heavy atom. The van der Waals surface area contributed by atoms with E-state index < -0.39 is 5.63 Å². The zero-order valence-electron chi connectivity index (χ0n) is 9.47. The molecule has 0 aliphatic carbocycles. The Kier molecular flexibility index (Phi) is 3.88. The highest BCUT2D eigenvalue weighted by Gasteiger charge is 2.25. The molecule has 7 heteroatoms. The molecule has 2 aromatic rings. The molecule has 0 atom stereocenters. The fourth-order valence-electron chi connectivity index (χ4n) is 1.39. The largest absolute Gasteiger partial charge is 0.438 e. The van der Waals surface area contributed by atoms with Crippen molar-refractivity contribution in [1.82, 2.24) is 5.27 Å². The minimum Gasteiger partial charge on any atom is -0.286 e. The lowest BCUT2D eigenvalue weighted by molar-refractivity contribution is -0.741. The van der Waals surface area contributed by atoms with E-state index in [2.05, 4.69) is 9.79 Å². The van der Waals surface area contributed by atoms with Gasteiger partial charge in [-0.2, -0.15) is 0 Å². The number of nitrogens with zero attached hydrogens (tertiary/aromatic N) is 1. The van der Waals surface area contributed by atoms with Crippen LogP contribution in [0.2, 0.25) is 5.02 Å². The number of hydrogen-bond donors (Lipinski definition) is 1. The number of ketones is 1. The molecular formula is C11H10ClN2O3S+. The minimum absolute atomic E-state index is 0.0106. The number of Topliss-reactive ketones (excluding diaryl/α,β-unsaturated/α-hetero) is 1. The van der Waals surface area contributed by atoms with Crippen LogP contribution in [0.15, 0.2) is 38.5 Å². The highest BCUT2D eigenvalue weighted by molar-refractivity contribution is 8.00. The van der Waals surface area contributed by atoms with Crippen molar-refractivity contribution < 1.29 is 14.0 Å². The molecule has 0 amide bonds. The van der Waals surface area contributed by atoms with E-state index in [4.69, 9.17) is 11.6 Å². The highest BCUT2D eigenvalue weighted by atomic mass is 35.5. The number of aryl methyl sites for hydroxylation is 1. The summed E-state index contributed by atoms with van der Waals surface area (Å²) >= 11 is 7.10. The van der Waals surface area contributed by atoms with Gasteiger partial charge in [0.2, 0.25) is 5.78 Å². The third-order valence-corrected chi connectivity index (χ3v) is 3.52. The topological polar surface area (TPSA) is 67.0 Å². The fourth-order valence-corrected chi connectivity index (χ4v) is 2.28. The van der Waals surface area contributed by atoms with Crippen LogP contribution >= 0.6 is 23.4 Å². The zero-order chi connectivity index (χ0) is 13.1. The number of nitrogens with one attached hydrogen (secondary N) is 1. The van der Waals surface area contributed by atoms with Crippen molar-refractivity contribution in [2.45, 2.75) is 4.90 Å². The summed E-state index contributed by atoms with van der Waals surface area (Å²) < 4.78 is 5.79. The first-order valence-electron chi connectivity index (χ1n) is 5.07. The van der Waals surface area contributed by atoms with E-state index >= 15 is 0 Å². The van der Waals surface area contributed by atoms with Crippen molar-refractivity contribution in [1.29, 1.82) is 0 Å². The molecule has 2 rings (SSSR count). The van der Waals surface area contributed by atoms with E-state index in [9.17, 15) is 9.59 Å². The Morgan fingerprint density at radius 2 is 2.11 bits per heavy atom. The van der Waals surface area contributed by atoms with Gasteiger partial charge in [0.1, 0.15) is 0 Å². The lowest BCUT2D eigenvalue weighted by Gasteiger charge is -1.98. The molecule has 0 unspecified atom stereocenters. The summed E-state index contributed by atoms with van der Waals surface area (Å²) in [4.78, 5) is 24.0. The van der Waals surface area contributed by atoms with Gasteiger partial charge in [0.25, 0.3) is 0 Å². The second kappa shape index (κ2) is 5.41. The van der Waals surface area contributed by atoms with E-state index in [1.54, 1.807) is 19.2 Å². The monoisotopic (exact) mass is 285 g/mol. The number of thioether (sulfide) groups is 1. The molecule has 1 heterocycles. The Bertz CT molecular complexity index is 618. The fraction of sp³-hybridized carbons (Fsp3) is 0.182. The standard InChI is InChI=1S/C11H9ClN2O3S/c1-14-10(11(16)17-13-14)9(15)6-18-8-4-2-7(12)3-5-8/h2-5H,6H2,1H3/p+1. The van der Waals surface area contributed by atoms with Gasteiger partial charge in [0.05, 0.1) is 5.75 Å². The molecule has 0 radical (unpaired) electrons. The molecular weight excluding hydrogens is 276 g/mol. The van der Waals surface area contributed by atoms with Gasteiger partial charge in [0.15, 0.2) is 7.05 Å². The lowest BCUT2D eigenvalue weighted by atomic mass is 10.3. The molecule has 1 N–H and O–H groups in total. The lowest BCUT2D eigenvalue weighted by Crippen LogP contribution is -2.39. The number of carbonyl (C=O) groups excluding carboxylic acids is 1. The van der Waals surface area contributed by atoms with Crippen LogP contribution in [-0.4, -0.2) is 16.8 Å². The van der Waals surface area contributed by atoms with Crippen molar-refractivity contribution in [3.05, 3.63) is 45.4 Å². The van der Waals surface area contributed by atoms with E-state index in [1.165, 1.54) is 16.4 Å². The summed E-state index contributed by atoms with van der Waals surface area (Å²) in [7, 11) is 1.55. The van der Waals surface area contributed by atoms with Crippen molar-refractivity contribution in [2.75, 3.05) is 5.75 Å². The second-order valence-electron chi connectivity index (χ2n) is 3.55. The van der Waals surface area contributed by atoms with Crippen LogP contribution in [0.4, 0.5) is 0 Å². The molecule has 0 aliphatic heterocycles. The number of benzene rings is 1. The smallest absolute Gasteiger partial charge is 0.286 e. The Balaban J connectivity index is 2.05. The van der Waals surface area contributed by atoms with Crippen LogP contribution in [0.3, 0.4) is 0 Å². The first-order chi connectivity index (χ1) is 8.58. The van der Waals surface area contributed by atoms with Gasteiger partial charge in [-0.25, -0.2) is 4.79 Å². The van der Waals surface area contributed by atoms with Gasteiger partial charge in [-0.15, -0.1) is 11.8 Å². The van der Waals surface area contributed by atoms with E-state index in [-0.39, 0.29) is 17.2 Å². The number of hydrogen-bond acceptors (Lipinski definition) is 4.